The van der Waals surface area contributed by atoms with Gasteiger partial charge in [-0.15, -0.1) is 5.10 Å². The van der Waals surface area contributed by atoms with Gasteiger partial charge in [-0.05, 0) is 13.8 Å². The Morgan fingerprint density at radius 1 is 1.47 bits per heavy atom. The van der Waals surface area contributed by atoms with E-state index in [9.17, 15) is 4.79 Å². The van der Waals surface area contributed by atoms with Gasteiger partial charge in [0.05, 0.1) is 12.8 Å². The monoisotopic (exact) mass is 280 g/mol. The quantitative estimate of drug-likeness (QED) is 0.858. The van der Waals surface area contributed by atoms with Gasteiger partial charge in [0.25, 0.3) is 0 Å². The zero-order valence-electron chi connectivity index (χ0n) is 11.4. The largest absolute Gasteiger partial charge is 0.496 e. The molecule has 7 heteroatoms. The molecule has 19 heavy (non-hydrogen) atoms. The Balaban J connectivity index is 2.21. The molecular weight excluding hydrogens is 264 g/mol. The first-order chi connectivity index (χ1) is 9.04. The van der Waals surface area contributed by atoms with Crippen molar-refractivity contribution in [3.63, 3.8) is 0 Å². The summed E-state index contributed by atoms with van der Waals surface area (Å²) in [6.07, 6.45) is 1.80. The van der Waals surface area contributed by atoms with E-state index in [1.165, 1.54) is 16.3 Å². The van der Waals surface area contributed by atoms with Gasteiger partial charge in [-0.2, -0.15) is 0 Å². The summed E-state index contributed by atoms with van der Waals surface area (Å²) in [5, 5.41) is 7.00. The first kappa shape index (κ1) is 13.7. The van der Waals surface area contributed by atoms with Crippen molar-refractivity contribution in [1.82, 2.24) is 19.7 Å². The Morgan fingerprint density at radius 2 is 2.21 bits per heavy atom. The van der Waals surface area contributed by atoms with Crippen LogP contribution in [-0.2, 0) is 12.8 Å². The van der Waals surface area contributed by atoms with Gasteiger partial charge in [0.1, 0.15) is 5.75 Å². The number of aromatic nitrogens is 4. The van der Waals surface area contributed by atoms with E-state index in [4.69, 9.17) is 4.74 Å². The number of pyridine rings is 1. The molecule has 0 spiro atoms. The second-order valence-corrected chi connectivity index (χ2v) is 5.15. The second-order valence-electron chi connectivity index (χ2n) is 4.21. The van der Waals surface area contributed by atoms with Crippen molar-refractivity contribution in [3.05, 3.63) is 33.5 Å². The maximum atomic E-state index is 11.3. The summed E-state index contributed by atoms with van der Waals surface area (Å²) < 4.78 is 6.85. The number of rotatable bonds is 4. The average Bonchev–Trinajstić information content (AvgIpc) is 2.70. The Kier molecular flexibility index (Phi) is 3.94. The Labute approximate surface area is 115 Å². The van der Waals surface area contributed by atoms with Crippen LogP contribution in [0.4, 0.5) is 0 Å². The molecule has 0 fully saturated rings. The fraction of sp³-hybridized carbons (Fsp3) is 0.417. The third kappa shape index (κ3) is 2.65. The molecule has 0 atom stereocenters. The molecule has 2 heterocycles. The highest BCUT2D eigenvalue weighted by molar-refractivity contribution is 7.98. The van der Waals surface area contributed by atoms with E-state index < -0.39 is 0 Å². The molecule has 2 aromatic rings. The predicted octanol–water partition coefficient (Wildman–Crippen LogP) is 1.42. The van der Waals surface area contributed by atoms with Crippen molar-refractivity contribution in [2.24, 2.45) is 7.05 Å². The summed E-state index contributed by atoms with van der Waals surface area (Å²) in [7, 11) is 3.34. The van der Waals surface area contributed by atoms with Gasteiger partial charge in [-0.3, -0.25) is 9.55 Å². The Morgan fingerprint density at radius 3 is 2.79 bits per heavy atom. The van der Waals surface area contributed by atoms with Crippen molar-refractivity contribution in [3.8, 4) is 5.75 Å². The van der Waals surface area contributed by atoms with Crippen LogP contribution in [0.25, 0.3) is 0 Å². The van der Waals surface area contributed by atoms with Gasteiger partial charge < -0.3 is 4.74 Å². The zero-order valence-corrected chi connectivity index (χ0v) is 12.2. The minimum Gasteiger partial charge on any atom is -0.496 e. The summed E-state index contributed by atoms with van der Waals surface area (Å²) in [6, 6.07) is 0. The molecule has 0 radical (unpaired) electrons. The average molecular weight is 280 g/mol. The summed E-state index contributed by atoms with van der Waals surface area (Å²) in [5.74, 6) is 1.50. The van der Waals surface area contributed by atoms with Crippen molar-refractivity contribution >= 4 is 11.8 Å². The van der Waals surface area contributed by atoms with Crippen LogP contribution in [0.15, 0.2) is 16.1 Å². The molecule has 0 aliphatic heterocycles. The third-order valence-electron chi connectivity index (χ3n) is 2.93. The number of aryl methyl sites for hydroxylation is 1. The molecule has 0 unspecified atom stereocenters. The number of nitrogens with zero attached hydrogens (tertiary/aromatic N) is 3. The molecule has 0 bridgehead atoms. The van der Waals surface area contributed by atoms with Gasteiger partial charge in [0.2, 0.25) is 0 Å². The highest BCUT2D eigenvalue weighted by atomic mass is 32.2. The van der Waals surface area contributed by atoms with Gasteiger partial charge in [-0.1, -0.05) is 11.8 Å². The van der Waals surface area contributed by atoms with E-state index in [0.717, 1.165) is 22.6 Å². The molecule has 2 rings (SSSR count). The lowest BCUT2D eigenvalue weighted by Crippen LogP contribution is -2.12. The lowest BCUT2D eigenvalue weighted by atomic mass is 10.1. The van der Waals surface area contributed by atoms with Crippen LogP contribution in [0.3, 0.4) is 0 Å². The number of hydrogen-bond acceptors (Lipinski definition) is 5. The summed E-state index contributed by atoms with van der Waals surface area (Å²) in [5.41, 5.74) is 2.76. The minimum absolute atomic E-state index is 0.214. The summed E-state index contributed by atoms with van der Waals surface area (Å²) in [6.45, 7) is 3.95. The lowest BCUT2D eigenvalue weighted by Gasteiger charge is -2.11. The van der Waals surface area contributed by atoms with E-state index in [0.29, 0.717) is 10.9 Å². The molecule has 0 saturated carbocycles. The lowest BCUT2D eigenvalue weighted by molar-refractivity contribution is 0.407. The van der Waals surface area contributed by atoms with Crippen LogP contribution >= 0.6 is 11.8 Å². The van der Waals surface area contributed by atoms with E-state index in [-0.39, 0.29) is 5.69 Å². The van der Waals surface area contributed by atoms with E-state index in [1.54, 1.807) is 20.4 Å². The van der Waals surface area contributed by atoms with Gasteiger partial charge in [0.15, 0.2) is 5.16 Å². The van der Waals surface area contributed by atoms with Crippen molar-refractivity contribution < 1.29 is 4.74 Å². The van der Waals surface area contributed by atoms with Gasteiger partial charge in [0, 0.05) is 30.1 Å². The van der Waals surface area contributed by atoms with Crippen LogP contribution in [0.1, 0.15) is 16.8 Å². The standard InChI is InChI=1S/C12H16N4O2S/c1-7-5-13-9(8(2)10(7)18-4)6-19-12-15-14-11(17)16(12)3/h5H,6H2,1-4H3,(H,14,17). The number of thioether (sulfide) groups is 1. The van der Waals surface area contributed by atoms with Crippen molar-refractivity contribution in [1.29, 1.82) is 0 Å². The summed E-state index contributed by atoms with van der Waals surface area (Å²) >= 11 is 1.46. The first-order valence-electron chi connectivity index (χ1n) is 5.77. The molecule has 0 aromatic carbocycles. The molecule has 0 saturated heterocycles. The maximum Gasteiger partial charge on any atom is 0.343 e. The molecule has 0 aliphatic carbocycles. The van der Waals surface area contributed by atoms with Crippen molar-refractivity contribution in [2.75, 3.05) is 7.11 Å². The highest BCUT2D eigenvalue weighted by Crippen LogP contribution is 2.27. The molecule has 0 aliphatic rings. The van der Waals surface area contributed by atoms with Crippen molar-refractivity contribution in [2.45, 2.75) is 24.8 Å². The molecule has 1 N–H and O–H groups in total. The predicted molar refractivity (Wildman–Crippen MR) is 73.7 cm³/mol. The molecule has 102 valence electrons. The number of nitrogens with one attached hydrogen (secondary N) is 1. The smallest absolute Gasteiger partial charge is 0.343 e. The van der Waals surface area contributed by atoms with Gasteiger partial charge >= 0.3 is 5.69 Å². The maximum absolute atomic E-state index is 11.3. The number of ether oxygens (including phenoxy) is 1. The van der Waals surface area contributed by atoms with Crippen LogP contribution in [0, 0.1) is 13.8 Å². The first-order valence-corrected chi connectivity index (χ1v) is 6.76. The molecule has 0 amide bonds. The van der Waals surface area contributed by atoms with E-state index >= 15 is 0 Å². The minimum atomic E-state index is -0.214. The molecular formula is C12H16N4O2S. The zero-order chi connectivity index (χ0) is 14.0. The van der Waals surface area contributed by atoms with E-state index in [2.05, 4.69) is 15.2 Å². The Hall–Kier alpha value is -1.76. The SMILES string of the molecule is COc1c(C)cnc(CSc2n[nH]c(=O)n2C)c1C. The number of H-pyrrole nitrogens is 1. The van der Waals surface area contributed by atoms with Crippen LogP contribution in [0.5, 0.6) is 5.75 Å². The highest BCUT2D eigenvalue weighted by Gasteiger charge is 2.11. The fourth-order valence-corrected chi connectivity index (χ4v) is 2.75. The second kappa shape index (κ2) is 5.48. The number of aromatic amines is 1. The van der Waals surface area contributed by atoms with Gasteiger partial charge in [-0.25, -0.2) is 9.89 Å². The Bertz CT molecular complexity index is 648. The third-order valence-corrected chi connectivity index (χ3v) is 3.97. The molecule has 6 nitrogen and oxygen atoms in total. The number of methoxy groups -OCH3 is 1. The van der Waals surface area contributed by atoms with Crippen LogP contribution < -0.4 is 10.4 Å². The molecule has 2 aromatic heterocycles. The number of hydrogen-bond donors (Lipinski definition) is 1. The van der Waals surface area contributed by atoms with Crippen LogP contribution in [-0.4, -0.2) is 26.9 Å². The topological polar surface area (TPSA) is 72.8 Å². The van der Waals surface area contributed by atoms with Crippen LogP contribution in [0.2, 0.25) is 0 Å². The van der Waals surface area contributed by atoms with E-state index in [1.807, 2.05) is 13.8 Å². The summed E-state index contributed by atoms with van der Waals surface area (Å²) in [4.78, 5) is 15.7. The fourth-order valence-electron chi connectivity index (χ4n) is 1.81. The normalized spacial score (nSPS) is 10.7.